The third-order valence-corrected chi connectivity index (χ3v) is 13.9. The molecule has 0 aromatic carbocycles. The summed E-state index contributed by atoms with van der Waals surface area (Å²) in [5.41, 5.74) is 0. The van der Waals surface area contributed by atoms with E-state index >= 15 is 0 Å². The van der Waals surface area contributed by atoms with Crippen LogP contribution in [0, 0.1) is 0 Å². The van der Waals surface area contributed by atoms with Gasteiger partial charge in [0.1, 0.15) is 13.2 Å². The molecule has 6 nitrogen and oxygen atoms in total. The van der Waals surface area contributed by atoms with Gasteiger partial charge in [0.05, 0.1) is 0 Å². The second-order valence-electron chi connectivity index (χ2n) is 21.3. The largest absolute Gasteiger partial charge is 0.462 e. The fourth-order valence-electron chi connectivity index (χ4n) is 9.13. The van der Waals surface area contributed by atoms with E-state index < -0.39 is 6.10 Å². The minimum Gasteiger partial charge on any atom is -0.462 e. The number of unbranched alkanes of at least 4 members (excludes halogenated alkanes) is 33. The molecule has 0 rings (SSSR count). The molecule has 0 aromatic rings. The Bertz CT molecular complexity index is 1430. The van der Waals surface area contributed by atoms with Crippen LogP contribution in [0.4, 0.5) is 0 Å². The molecule has 0 aromatic heterocycles. The first-order valence-corrected chi connectivity index (χ1v) is 32.1. The van der Waals surface area contributed by atoms with E-state index in [4.69, 9.17) is 14.2 Å². The fourth-order valence-corrected chi connectivity index (χ4v) is 9.13. The van der Waals surface area contributed by atoms with E-state index in [-0.39, 0.29) is 31.1 Å². The van der Waals surface area contributed by atoms with E-state index in [0.29, 0.717) is 19.3 Å². The van der Waals surface area contributed by atoms with Gasteiger partial charge in [0.15, 0.2) is 6.10 Å². The Balaban J connectivity index is 4.35. The van der Waals surface area contributed by atoms with E-state index in [1.54, 1.807) is 0 Å². The molecule has 0 aliphatic rings. The Morgan fingerprint density at radius 1 is 0.280 bits per heavy atom. The number of hydrogen-bond acceptors (Lipinski definition) is 6. The Kier molecular flexibility index (Phi) is 60.3. The molecule has 0 amide bonds. The first kappa shape index (κ1) is 71.6. The lowest BCUT2D eigenvalue weighted by molar-refractivity contribution is -0.167. The maximum absolute atomic E-state index is 12.9. The second kappa shape index (κ2) is 63.1. The molecule has 0 radical (unpaired) electrons. The van der Waals surface area contributed by atoms with Crippen LogP contribution in [0.3, 0.4) is 0 Å². The summed E-state index contributed by atoms with van der Waals surface area (Å²) in [4.78, 5) is 38.3. The van der Waals surface area contributed by atoms with E-state index in [0.717, 1.165) is 122 Å². The topological polar surface area (TPSA) is 78.9 Å². The normalized spacial score (nSPS) is 12.6. The van der Waals surface area contributed by atoms with Crippen molar-refractivity contribution in [3.63, 3.8) is 0 Å². The molecule has 0 heterocycles. The summed E-state index contributed by atoms with van der Waals surface area (Å²) < 4.78 is 16.9. The molecule has 0 saturated heterocycles. The van der Waals surface area contributed by atoms with Gasteiger partial charge in [-0.1, -0.05) is 305 Å². The summed E-state index contributed by atoms with van der Waals surface area (Å²) >= 11 is 0. The standard InChI is InChI=1S/C69H120O6/c1-4-7-10-13-16-19-22-25-28-29-30-31-32-33-34-35-36-37-38-39-42-44-47-50-53-56-59-62-68(71)74-65-66(75-69(72)63-60-57-54-51-48-45-41-27-24-21-18-15-12-9-6-3)64-73-67(70)61-58-55-52-49-46-43-40-26-23-20-17-14-11-8-5-2/h7,10,16,19,25,28,30-31,33-34,36-37,39,42,66H,4-6,8-9,11-15,17-18,20-24,26-27,29,32,35,38,40-41,43-65H2,1-3H3/b10-7-,19-16-,28-25-,31-30-,34-33-,37-36-,42-39-. The Morgan fingerprint density at radius 2 is 0.520 bits per heavy atom. The van der Waals surface area contributed by atoms with Crippen molar-refractivity contribution in [2.24, 2.45) is 0 Å². The summed E-state index contributed by atoms with van der Waals surface area (Å²) in [7, 11) is 0. The Hall–Kier alpha value is -3.41. The molecule has 0 saturated carbocycles. The van der Waals surface area contributed by atoms with Crippen LogP contribution in [0.25, 0.3) is 0 Å². The third kappa shape index (κ3) is 61.3. The van der Waals surface area contributed by atoms with Gasteiger partial charge in [0.25, 0.3) is 0 Å². The predicted octanol–water partition coefficient (Wildman–Crippen LogP) is 21.9. The van der Waals surface area contributed by atoms with E-state index in [1.165, 1.54) is 154 Å². The van der Waals surface area contributed by atoms with Crippen molar-refractivity contribution in [1.82, 2.24) is 0 Å². The Labute approximate surface area is 465 Å². The van der Waals surface area contributed by atoms with Crippen LogP contribution in [0.1, 0.15) is 316 Å². The minimum atomic E-state index is -0.782. The van der Waals surface area contributed by atoms with Gasteiger partial charge in [-0.3, -0.25) is 14.4 Å². The molecule has 432 valence electrons. The van der Waals surface area contributed by atoms with Crippen LogP contribution in [-0.4, -0.2) is 37.2 Å². The molecule has 0 aliphatic heterocycles. The zero-order chi connectivity index (χ0) is 54.3. The summed E-state index contributed by atoms with van der Waals surface area (Å²) in [6.45, 7) is 6.55. The quantitative estimate of drug-likeness (QED) is 0.0261. The van der Waals surface area contributed by atoms with Crippen molar-refractivity contribution in [3.05, 3.63) is 85.1 Å². The maximum Gasteiger partial charge on any atom is 0.306 e. The van der Waals surface area contributed by atoms with Gasteiger partial charge < -0.3 is 14.2 Å². The van der Waals surface area contributed by atoms with Crippen LogP contribution in [0.5, 0.6) is 0 Å². The first-order chi connectivity index (χ1) is 37.0. The molecule has 0 bridgehead atoms. The van der Waals surface area contributed by atoms with Crippen LogP contribution in [0.15, 0.2) is 85.1 Å². The molecule has 1 unspecified atom stereocenters. The van der Waals surface area contributed by atoms with Gasteiger partial charge in [0.2, 0.25) is 0 Å². The van der Waals surface area contributed by atoms with Gasteiger partial charge in [-0.2, -0.15) is 0 Å². The average molecular weight is 1050 g/mol. The second-order valence-corrected chi connectivity index (χ2v) is 21.3. The summed E-state index contributed by atoms with van der Waals surface area (Å²) in [6.07, 6.45) is 82.9. The van der Waals surface area contributed by atoms with Gasteiger partial charge in [-0.15, -0.1) is 0 Å². The number of carbonyl (C=O) groups excluding carboxylic acids is 3. The van der Waals surface area contributed by atoms with Gasteiger partial charge in [0, 0.05) is 19.3 Å². The summed E-state index contributed by atoms with van der Waals surface area (Å²) in [5, 5.41) is 0. The number of rotatable bonds is 58. The summed E-state index contributed by atoms with van der Waals surface area (Å²) in [5.74, 6) is -0.882. The van der Waals surface area contributed by atoms with Gasteiger partial charge >= 0.3 is 17.9 Å². The molecule has 6 heteroatoms. The van der Waals surface area contributed by atoms with Gasteiger partial charge in [-0.25, -0.2) is 0 Å². The van der Waals surface area contributed by atoms with Crippen LogP contribution in [-0.2, 0) is 28.6 Å². The number of esters is 3. The van der Waals surface area contributed by atoms with Gasteiger partial charge in [-0.05, 0) is 77.0 Å². The molecular formula is C69H120O6. The molecule has 0 aliphatic carbocycles. The smallest absolute Gasteiger partial charge is 0.306 e. The number of carbonyl (C=O) groups is 3. The number of ether oxygens (including phenoxy) is 3. The molecule has 1 atom stereocenters. The highest BCUT2D eigenvalue weighted by Crippen LogP contribution is 2.17. The molecular weight excluding hydrogens is 925 g/mol. The van der Waals surface area contributed by atoms with E-state index in [1.807, 2.05) is 0 Å². The highest BCUT2D eigenvalue weighted by molar-refractivity contribution is 5.71. The van der Waals surface area contributed by atoms with E-state index in [9.17, 15) is 14.4 Å². The van der Waals surface area contributed by atoms with Crippen molar-refractivity contribution in [1.29, 1.82) is 0 Å². The van der Waals surface area contributed by atoms with Crippen LogP contribution < -0.4 is 0 Å². The zero-order valence-corrected chi connectivity index (χ0v) is 49.6. The van der Waals surface area contributed by atoms with Crippen molar-refractivity contribution >= 4 is 17.9 Å². The number of allylic oxidation sites excluding steroid dienone is 14. The Morgan fingerprint density at radius 3 is 0.813 bits per heavy atom. The lowest BCUT2D eigenvalue weighted by Gasteiger charge is -2.18. The average Bonchev–Trinajstić information content (AvgIpc) is 3.41. The first-order valence-electron chi connectivity index (χ1n) is 32.1. The minimum absolute atomic E-state index is 0.0781. The molecule has 0 spiro atoms. The maximum atomic E-state index is 12.9. The monoisotopic (exact) mass is 1040 g/mol. The van der Waals surface area contributed by atoms with Crippen molar-refractivity contribution in [2.45, 2.75) is 322 Å². The molecule has 0 N–H and O–H groups in total. The van der Waals surface area contributed by atoms with Crippen molar-refractivity contribution in [3.8, 4) is 0 Å². The van der Waals surface area contributed by atoms with Crippen molar-refractivity contribution < 1.29 is 28.6 Å². The molecule has 75 heavy (non-hydrogen) atoms. The van der Waals surface area contributed by atoms with Crippen LogP contribution >= 0.6 is 0 Å². The highest BCUT2D eigenvalue weighted by Gasteiger charge is 2.19. The highest BCUT2D eigenvalue weighted by atomic mass is 16.6. The fraction of sp³-hybridized carbons (Fsp3) is 0.754. The van der Waals surface area contributed by atoms with Crippen molar-refractivity contribution in [2.75, 3.05) is 13.2 Å². The molecule has 0 fully saturated rings. The predicted molar refractivity (Wildman–Crippen MR) is 325 cm³/mol. The SMILES string of the molecule is CC/C=C\C/C=C\C/C=C\C/C=C\C/C=C\C/C=C\C/C=C\CCCCCCCC(=O)OCC(COC(=O)CCCCCCCCCCCCCCCCC)OC(=O)CCCCCCCCCCCCCCCCC. The lowest BCUT2D eigenvalue weighted by atomic mass is 10.0. The van der Waals surface area contributed by atoms with E-state index in [2.05, 4.69) is 106 Å². The lowest BCUT2D eigenvalue weighted by Crippen LogP contribution is -2.30. The third-order valence-electron chi connectivity index (χ3n) is 13.9. The summed E-state index contributed by atoms with van der Waals surface area (Å²) in [6, 6.07) is 0. The number of hydrogen-bond donors (Lipinski definition) is 0. The van der Waals surface area contributed by atoms with Crippen LogP contribution in [0.2, 0.25) is 0 Å². The zero-order valence-electron chi connectivity index (χ0n) is 49.6.